The number of halogens is 1. The SMILES string of the molecule is NS(=O)(=O)O.O=P(O)(O)F. The highest BCUT2D eigenvalue weighted by atomic mass is 32.2. The Labute approximate surface area is 55.8 Å². The van der Waals surface area contributed by atoms with Crippen LogP contribution in [-0.2, 0) is 14.9 Å². The molecule has 0 atom stereocenters. The fourth-order valence-corrected chi connectivity index (χ4v) is 0. The maximum absolute atomic E-state index is 10.4. The van der Waals surface area contributed by atoms with Crippen LogP contribution in [0.4, 0.5) is 4.20 Å². The molecule has 10 heteroatoms. The molecule has 64 valence electrons. The first-order valence-electron chi connectivity index (χ1n) is 1.50. The van der Waals surface area contributed by atoms with Crippen molar-refractivity contribution in [1.82, 2.24) is 0 Å². The summed E-state index contributed by atoms with van der Waals surface area (Å²) >= 11 is 0. The van der Waals surface area contributed by atoms with Crippen LogP contribution in [0.15, 0.2) is 0 Å². The van der Waals surface area contributed by atoms with Crippen molar-refractivity contribution in [3.63, 3.8) is 0 Å². The quantitative estimate of drug-likeness (QED) is 0.284. The largest absolute Gasteiger partial charge is 0.507 e. The van der Waals surface area contributed by atoms with E-state index in [2.05, 4.69) is 5.14 Å². The predicted molar refractivity (Wildman–Crippen MR) is 28.9 cm³/mol. The molecule has 0 rings (SSSR count). The Bertz CT molecular complexity index is 196. The zero-order valence-corrected chi connectivity index (χ0v) is 6.09. The van der Waals surface area contributed by atoms with Gasteiger partial charge >= 0.3 is 18.2 Å². The lowest BCUT2D eigenvalue weighted by Gasteiger charge is -1.77. The third-order valence-electron chi connectivity index (χ3n) is 0. The minimum absolute atomic E-state index is 3.88. The van der Waals surface area contributed by atoms with Crippen molar-refractivity contribution < 1.29 is 31.5 Å². The second-order valence-corrected chi connectivity index (χ2v) is 2.96. The fourth-order valence-electron chi connectivity index (χ4n) is 0. The van der Waals surface area contributed by atoms with Gasteiger partial charge in [-0.25, -0.2) is 9.70 Å². The van der Waals surface area contributed by atoms with Gasteiger partial charge in [0, 0.05) is 0 Å². The van der Waals surface area contributed by atoms with Crippen molar-refractivity contribution >= 4 is 18.2 Å². The van der Waals surface area contributed by atoms with Crippen LogP contribution in [0.3, 0.4) is 0 Å². The van der Waals surface area contributed by atoms with Crippen molar-refractivity contribution in [3.05, 3.63) is 0 Å². The van der Waals surface area contributed by atoms with Gasteiger partial charge in [0.05, 0.1) is 0 Å². The Kier molecular flexibility index (Phi) is 5.00. The summed E-state index contributed by atoms with van der Waals surface area (Å²) in [6, 6.07) is 0. The Hall–Kier alpha value is -0.0500. The van der Waals surface area contributed by atoms with E-state index in [9.17, 15) is 4.20 Å². The predicted octanol–water partition coefficient (Wildman–Crippen LogP) is -1.20. The van der Waals surface area contributed by atoms with E-state index in [1.807, 2.05) is 0 Å². The van der Waals surface area contributed by atoms with E-state index < -0.39 is 18.2 Å². The Balaban J connectivity index is 0. The molecule has 10 heavy (non-hydrogen) atoms. The molecule has 0 aromatic rings. The molecule has 0 saturated carbocycles. The van der Waals surface area contributed by atoms with Gasteiger partial charge in [0.2, 0.25) is 0 Å². The minimum atomic E-state index is -5.14. The number of hydrogen-bond donors (Lipinski definition) is 4. The molecule has 0 heterocycles. The first-order valence-corrected chi connectivity index (χ1v) is 4.51. The van der Waals surface area contributed by atoms with E-state index in [1.165, 1.54) is 0 Å². The van der Waals surface area contributed by atoms with Crippen LogP contribution < -0.4 is 5.14 Å². The lowest BCUT2D eigenvalue weighted by Crippen LogP contribution is -2.08. The highest BCUT2D eigenvalue weighted by Crippen LogP contribution is 2.34. The molecular formula is H5FNO6PS. The van der Waals surface area contributed by atoms with Gasteiger partial charge in [-0.05, 0) is 0 Å². The van der Waals surface area contributed by atoms with Crippen LogP contribution >= 0.6 is 7.91 Å². The third kappa shape index (κ3) is 154000. The lowest BCUT2D eigenvalue weighted by molar-refractivity contribution is 0.322. The van der Waals surface area contributed by atoms with Crippen molar-refractivity contribution in [3.8, 4) is 0 Å². The Morgan fingerprint density at radius 1 is 1.40 bits per heavy atom. The molecule has 0 aromatic heterocycles. The average Bonchev–Trinajstić information content (AvgIpc) is 1.12. The van der Waals surface area contributed by atoms with E-state index in [0.29, 0.717) is 0 Å². The molecule has 7 nitrogen and oxygen atoms in total. The molecule has 0 aromatic carbocycles. The monoisotopic (exact) mass is 197 g/mol. The highest BCUT2D eigenvalue weighted by Gasteiger charge is 2.04. The average molecular weight is 197 g/mol. The second kappa shape index (κ2) is 3.96. The zero-order chi connectivity index (χ0) is 9.00. The highest BCUT2D eigenvalue weighted by molar-refractivity contribution is 7.83. The summed E-state index contributed by atoms with van der Waals surface area (Å²) in [5, 5.41) is 3.88. The van der Waals surface area contributed by atoms with E-state index in [1.54, 1.807) is 0 Å². The minimum Gasteiger partial charge on any atom is -0.299 e. The topological polar surface area (TPSA) is 138 Å². The first kappa shape index (κ1) is 12.6. The van der Waals surface area contributed by atoms with Gasteiger partial charge in [-0.1, -0.05) is 0 Å². The number of hydrogen-bond acceptors (Lipinski definition) is 3. The van der Waals surface area contributed by atoms with Crippen molar-refractivity contribution in [2.45, 2.75) is 0 Å². The van der Waals surface area contributed by atoms with Gasteiger partial charge in [0.15, 0.2) is 0 Å². The smallest absolute Gasteiger partial charge is 0.299 e. The zero-order valence-electron chi connectivity index (χ0n) is 4.38. The van der Waals surface area contributed by atoms with Gasteiger partial charge in [0.1, 0.15) is 0 Å². The van der Waals surface area contributed by atoms with Crippen molar-refractivity contribution in [1.29, 1.82) is 0 Å². The molecule has 0 spiro atoms. The number of rotatable bonds is 0. The summed E-state index contributed by atoms with van der Waals surface area (Å²) in [5.74, 6) is 0. The first-order chi connectivity index (χ1) is 4.00. The summed E-state index contributed by atoms with van der Waals surface area (Å²) in [6.45, 7) is 0. The molecule has 0 radical (unpaired) electrons. The molecule has 0 bridgehead atoms. The van der Waals surface area contributed by atoms with Gasteiger partial charge in [-0.15, -0.1) is 4.20 Å². The van der Waals surface area contributed by atoms with Crippen LogP contribution in [-0.4, -0.2) is 22.8 Å². The maximum Gasteiger partial charge on any atom is 0.507 e. The maximum atomic E-state index is 10.4. The standard InChI is InChI=1S/FH2O3P.H3NO3S/c2*1-5(2,3)4/h(H2,2,3,4);(H3,1,2,3,4). The third-order valence-corrected chi connectivity index (χ3v) is 0. The Morgan fingerprint density at radius 2 is 1.40 bits per heavy atom. The molecule has 0 amide bonds. The van der Waals surface area contributed by atoms with Crippen LogP contribution in [0, 0.1) is 0 Å². The Morgan fingerprint density at radius 3 is 1.40 bits per heavy atom. The second-order valence-electron chi connectivity index (χ2n) is 0.988. The van der Waals surface area contributed by atoms with Crippen molar-refractivity contribution in [2.75, 3.05) is 0 Å². The molecule has 0 aliphatic carbocycles. The van der Waals surface area contributed by atoms with E-state index in [0.717, 1.165) is 0 Å². The van der Waals surface area contributed by atoms with Gasteiger partial charge in [0.25, 0.3) is 0 Å². The number of nitrogens with two attached hydrogens (primary N) is 1. The van der Waals surface area contributed by atoms with Crippen LogP contribution in [0.1, 0.15) is 0 Å². The summed E-state index contributed by atoms with van der Waals surface area (Å²) < 4.78 is 44.2. The molecular weight excluding hydrogens is 192 g/mol. The summed E-state index contributed by atoms with van der Waals surface area (Å²) in [6.07, 6.45) is 0. The summed E-state index contributed by atoms with van der Waals surface area (Å²) in [7, 11) is -9.31. The van der Waals surface area contributed by atoms with Gasteiger partial charge < -0.3 is 0 Å². The van der Waals surface area contributed by atoms with Crippen LogP contribution in [0.5, 0.6) is 0 Å². The fraction of sp³-hybridized carbons (Fsp3) is 0. The van der Waals surface area contributed by atoms with E-state index in [4.69, 9.17) is 27.3 Å². The van der Waals surface area contributed by atoms with Gasteiger partial charge in [-0.2, -0.15) is 8.42 Å². The van der Waals surface area contributed by atoms with Crippen LogP contribution in [0.2, 0.25) is 0 Å². The molecule has 0 unspecified atom stereocenters. The van der Waals surface area contributed by atoms with E-state index >= 15 is 0 Å². The van der Waals surface area contributed by atoms with Crippen LogP contribution in [0.25, 0.3) is 0 Å². The molecule has 0 aliphatic rings. The van der Waals surface area contributed by atoms with Crippen molar-refractivity contribution in [2.24, 2.45) is 5.14 Å². The summed E-state index contributed by atoms with van der Waals surface area (Å²) in [4.78, 5) is 13.9. The molecule has 0 aliphatic heterocycles. The molecule has 0 saturated heterocycles. The lowest BCUT2D eigenvalue weighted by atomic mass is 13.9. The normalized spacial score (nSPS) is 11.7. The molecule has 0 fully saturated rings. The van der Waals surface area contributed by atoms with E-state index in [-0.39, 0.29) is 0 Å². The molecule has 5 N–H and O–H groups in total. The van der Waals surface area contributed by atoms with Gasteiger partial charge in [-0.3, -0.25) is 14.3 Å². The summed E-state index contributed by atoms with van der Waals surface area (Å²) in [5.41, 5.74) is 0.